The third-order valence-electron chi connectivity index (χ3n) is 2.55. The van der Waals surface area contributed by atoms with Crippen molar-refractivity contribution in [1.82, 2.24) is 0 Å². The molecule has 2 aromatic carbocycles. The van der Waals surface area contributed by atoms with Crippen LogP contribution in [0.3, 0.4) is 0 Å². The standard InChI is InChI=1S/C16H10O4.ClH/c17-15(18)13-8-12(9-14(10-13)16(19)20)7-6-11-4-2-1-3-5-11;/h1-5,8-10H,(H,17,18)(H,19,20);1H. The number of hydrogen-bond acceptors (Lipinski definition) is 2. The summed E-state index contributed by atoms with van der Waals surface area (Å²) >= 11 is 0. The number of halogens is 1. The molecule has 2 aromatic rings. The monoisotopic (exact) mass is 302 g/mol. The predicted octanol–water partition coefficient (Wildman–Crippen LogP) is 2.90. The molecule has 0 spiro atoms. The summed E-state index contributed by atoms with van der Waals surface area (Å²) in [5, 5.41) is 17.9. The average Bonchev–Trinajstić information content (AvgIpc) is 2.45. The molecule has 0 saturated carbocycles. The first-order chi connectivity index (χ1) is 9.56. The Morgan fingerprint density at radius 1 is 0.762 bits per heavy atom. The summed E-state index contributed by atoms with van der Waals surface area (Å²) in [5.74, 6) is 3.26. The van der Waals surface area contributed by atoms with E-state index in [1.54, 1.807) is 0 Å². The van der Waals surface area contributed by atoms with Crippen LogP contribution in [0.1, 0.15) is 31.8 Å². The topological polar surface area (TPSA) is 74.6 Å². The van der Waals surface area contributed by atoms with Crippen LogP contribution in [-0.4, -0.2) is 22.2 Å². The molecule has 106 valence electrons. The second-order valence-corrected chi connectivity index (χ2v) is 4.03. The molecule has 0 fully saturated rings. The lowest BCUT2D eigenvalue weighted by molar-refractivity contribution is 0.0696. The Balaban J connectivity index is 0.00000220. The van der Waals surface area contributed by atoms with Crippen LogP contribution in [0.4, 0.5) is 0 Å². The fourth-order valence-electron chi connectivity index (χ4n) is 1.61. The summed E-state index contributed by atoms with van der Waals surface area (Å²) in [5.41, 5.74) is 0.931. The van der Waals surface area contributed by atoms with Crippen LogP contribution in [-0.2, 0) is 0 Å². The van der Waals surface area contributed by atoms with Gasteiger partial charge in [0.05, 0.1) is 11.1 Å². The summed E-state index contributed by atoms with van der Waals surface area (Å²) in [6.07, 6.45) is 0. The van der Waals surface area contributed by atoms with Gasteiger partial charge in [0.15, 0.2) is 0 Å². The zero-order valence-corrected chi connectivity index (χ0v) is 11.6. The SMILES string of the molecule is Cl.O=C(O)c1cc(C#Cc2ccccc2)cc(C(=O)O)c1. The van der Waals surface area contributed by atoms with E-state index in [1.807, 2.05) is 30.3 Å². The van der Waals surface area contributed by atoms with Crippen molar-refractivity contribution >= 4 is 24.3 Å². The minimum atomic E-state index is -1.18. The minimum Gasteiger partial charge on any atom is -0.478 e. The van der Waals surface area contributed by atoms with Gasteiger partial charge in [0.2, 0.25) is 0 Å². The molecule has 21 heavy (non-hydrogen) atoms. The van der Waals surface area contributed by atoms with Gasteiger partial charge in [-0.2, -0.15) is 0 Å². The van der Waals surface area contributed by atoms with Crippen LogP contribution in [0.2, 0.25) is 0 Å². The molecule has 2 N–H and O–H groups in total. The van der Waals surface area contributed by atoms with E-state index in [2.05, 4.69) is 11.8 Å². The molecule has 0 aliphatic rings. The van der Waals surface area contributed by atoms with Crippen molar-refractivity contribution in [2.24, 2.45) is 0 Å². The first-order valence-corrected chi connectivity index (χ1v) is 5.75. The molecule has 5 heteroatoms. The summed E-state index contributed by atoms with van der Waals surface area (Å²) in [4.78, 5) is 21.9. The van der Waals surface area contributed by atoms with Gasteiger partial charge in [0.1, 0.15) is 0 Å². The van der Waals surface area contributed by atoms with E-state index in [0.717, 1.165) is 11.6 Å². The second kappa shape index (κ2) is 7.13. The van der Waals surface area contributed by atoms with Gasteiger partial charge < -0.3 is 10.2 Å². The van der Waals surface area contributed by atoms with Gasteiger partial charge in [-0.05, 0) is 30.3 Å². The quantitative estimate of drug-likeness (QED) is 0.837. The van der Waals surface area contributed by atoms with Crippen molar-refractivity contribution in [3.8, 4) is 11.8 Å². The van der Waals surface area contributed by atoms with Crippen LogP contribution in [0, 0.1) is 11.8 Å². The zero-order chi connectivity index (χ0) is 14.5. The number of hydrogen-bond donors (Lipinski definition) is 2. The number of benzene rings is 2. The number of rotatable bonds is 2. The van der Waals surface area contributed by atoms with Crippen LogP contribution in [0.25, 0.3) is 0 Å². The lowest BCUT2D eigenvalue weighted by Gasteiger charge is -2.00. The average molecular weight is 303 g/mol. The lowest BCUT2D eigenvalue weighted by atomic mass is 10.1. The number of carboxylic acids is 2. The Morgan fingerprint density at radius 3 is 1.71 bits per heavy atom. The van der Waals surface area contributed by atoms with Crippen molar-refractivity contribution in [1.29, 1.82) is 0 Å². The molecule has 0 unspecified atom stereocenters. The highest BCUT2D eigenvalue weighted by atomic mass is 35.5. The van der Waals surface area contributed by atoms with E-state index in [0.29, 0.717) is 5.56 Å². The van der Waals surface area contributed by atoms with Gasteiger partial charge >= 0.3 is 11.9 Å². The van der Waals surface area contributed by atoms with E-state index < -0.39 is 11.9 Å². The van der Waals surface area contributed by atoms with Crippen LogP contribution in [0.5, 0.6) is 0 Å². The lowest BCUT2D eigenvalue weighted by Crippen LogP contribution is -2.03. The molecule has 0 bridgehead atoms. The largest absolute Gasteiger partial charge is 0.478 e. The highest BCUT2D eigenvalue weighted by Gasteiger charge is 2.10. The summed E-state index contributed by atoms with van der Waals surface area (Å²) in [6, 6.07) is 13.0. The first kappa shape index (κ1) is 16.3. The fourth-order valence-corrected chi connectivity index (χ4v) is 1.61. The molecule has 0 heterocycles. The predicted molar refractivity (Wildman–Crippen MR) is 80.0 cm³/mol. The smallest absolute Gasteiger partial charge is 0.335 e. The van der Waals surface area contributed by atoms with Crippen molar-refractivity contribution in [2.75, 3.05) is 0 Å². The van der Waals surface area contributed by atoms with Crippen molar-refractivity contribution in [2.45, 2.75) is 0 Å². The summed E-state index contributed by atoms with van der Waals surface area (Å²) in [7, 11) is 0. The normalized spacial score (nSPS) is 8.95. The minimum absolute atomic E-state index is 0. The molecular weight excluding hydrogens is 292 g/mol. The zero-order valence-electron chi connectivity index (χ0n) is 10.7. The fraction of sp³-hybridized carbons (Fsp3) is 0. The summed E-state index contributed by atoms with van der Waals surface area (Å²) < 4.78 is 0. The highest BCUT2D eigenvalue weighted by molar-refractivity contribution is 5.94. The van der Waals surface area contributed by atoms with Crippen molar-refractivity contribution < 1.29 is 19.8 Å². The van der Waals surface area contributed by atoms with E-state index in [4.69, 9.17) is 10.2 Å². The molecule has 0 atom stereocenters. The molecule has 0 radical (unpaired) electrons. The number of aromatic carboxylic acids is 2. The van der Waals surface area contributed by atoms with Crippen molar-refractivity contribution in [3.05, 3.63) is 70.8 Å². The Labute approximate surface area is 127 Å². The van der Waals surface area contributed by atoms with Gasteiger partial charge in [-0.3, -0.25) is 0 Å². The Kier molecular flexibility index (Phi) is 5.53. The van der Waals surface area contributed by atoms with E-state index in [1.165, 1.54) is 12.1 Å². The van der Waals surface area contributed by atoms with Gasteiger partial charge in [-0.25, -0.2) is 9.59 Å². The molecule has 0 amide bonds. The third-order valence-corrected chi connectivity index (χ3v) is 2.55. The maximum Gasteiger partial charge on any atom is 0.335 e. The first-order valence-electron chi connectivity index (χ1n) is 5.75. The Morgan fingerprint density at radius 2 is 1.24 bits per heavy atom. The van der Waals surface area contributed by atoms with Gasteiger partial charge in [-0.1, -0.05) is 30.0 Å². The third kappa shape index (κ3) is 4.37. The summed E-state index contributed by atoms with van der Waals surface area (Å²) in [6.45, 7) is 0. The second-order valence-electron chi connectivity index (χ2n) is 4.03. The number of carbonyl (C=O) groups is 2. The maximum atomic E-state index is 11.0. The Bertz CT molecular complexity index is 695. The van der Waals surface area contributed by atoms with Gasteiger partial charge in [0.25, 0.3) is 0 Å². The maximum absolute atomic E-state index is 11.0. The molecule has 2 rings (SSSR count). The van der Waals surface area contributed by atoms with E-state index in [9.17, 15) is 9.59 Å². The highest BCUT2D eigenvalue weighted by Crippen LogP contribution is 2.10. The molecule has 4 nitrogen and oxygen atoms in total. The Hall–Kier alpha value is -2.77. The molecule has 0 saturated heterocycles. The molecule has 0 aromatic heterocycles. The van der Waals surface area contributed by atoms with Crippen LogP contribution in [0.15, 0.2) is 48.5 Å². The molecule has 0 aliphatic heterocycles. The van der Waals surface area contributed by atoms with Crippen molar-refractivity contribution in [3.63, 3.8) is 0 Å². The van der Waals surface area contributed by atoms with Gasteiger partial charge in [0, 0.05) is 11.1 Å². The van der Waals surface area contributed by atoms with Crippen LogP contribution >= 0.6 is 12.4 Å². The van der Waals surface area contributed by atoms with E-state index in [-0.39, 0.29) is 23.5 Å². The van der Waals surface area contributed by atoms with Crippen LogP contribution < -0.4 is 0 Å². The molecular formula is C16H11ClO4. The molecule has 0 aliphatic carbocycles. The van der Waals surface area contributed by atoms with E-state index >= 15 is 0 Å². The van der Waals surface area contributed by atoms with Gasteiger partial charge in [-0.15, -0.1) is 12.4 Å². The number of carboxylic acid groups (broad SMARTS) is 2.